The molecule has 3 heteroatoms. The van der Waals surface area contributed by atoms with E-state index in [1.165, 1.54) is 11.1 Å². The van der Waals surface area contributed by atoms with Crippen molar-refractivity contribution in [3.8, 4) is 5.75 Å². The molecule has 0 radical (unpaired) electrons. The molecule has 106 valence electrons. The van der Waals surface area contributed by atoms with Crippen molar-refractivity contribution in [1.82, 2.24) is 5.32 Å². The van der Waals surface area contributed by atoms with Crippen molar-refractivity contribution < 1.29 is 4.74 Å². The molecule has 0 amide bonds. The van der Waals surface area contributed by atoms with Gasteiger partial charge < -0.3 is 10.1 Å². The quantitative estimate of drug-likeness (QED) is 0.865. The molecule has 1 atom stereocenters. The van der Waals surface area contributed by atoms with Crippen molar-refractivity contribution in [3.05, 3.63) is 64.7 Å². The molecule has 1 N–H and O–H groups in total. The summed E-state index contributed by atoms with van der Waals surface area (Å²) < 4.78 is 5.15. The van der Waals surface area contributed by atoms with Crippen molar-refractivity contribution in [3.63, 3.8) is 0 Å². The molecule has 1 unspecified atom stereocenters. The van der Waals surface area contributed by atoms with E-state index in [9.17, 15) is 0 Å². The van der Waals surface area contributed by atoms with E-state index < -0.39 is 0 Å². The van der Waals surface area contributed by atoms with Crippen molar-refractivity contribution >= 4 is 11.6 Å². The van der Waals surface area contributed by atoms with Crippen molar-refractivity contribution in [1.29, 1.82) is 0 Å². The molecule has 0 saturated carbocycles. The van der Waals surface area contributed by atoms with Crippen LogP contribution in [0, 0.1) is 0 Å². The molecule has 2 aromatic carbocycles. The summed E-state index contributed by atoms with van der Waals surface area (Å²) in [6.45, 7) is 3.04. The summed E-state index contributed by atoms with van der Waals surface area (Å²) in [5, 5.41) is 4.32. The van der Waals surface area contributed by atoms with Gasteiger partial charge in [0, 0.05) is 17.6 Å². The van der Waals surface area contributed by atoms with Gasteiger partial charge in [0.05, 0.1) is 7.11 Å². The summed E-state index contributed by atoms with van der Waals surface area (Å²) in [5.74, 6) is 0.890. The smallest absolute Gasteiger partial charge is 0.118 e. The molecule has 0 aliphatic carbocycles. The molecule has 20 heavy (non-hydrogen) atoms. The van der Waals surface area contributed by atoms with Gasteiger partial charge in [-0.15, -0.1) is 0 Å². The SMILES string of the molecule is COc1ccc(CNC(C)Cc2cccc(Cl)c2)cc1. The van der Waals surface area contributed by atoms with Crippen LogP contribution in [0.5, 0.6) is 5.75 Å². The normalized spacial score (nSPS) is 12.2. The molecule has 0 heterocycles. The van der Waals surface area contributed by atoms with Crippen molar-refractivity contribution in [2.24, 2.45) is 0 Å². The monoisotopic (exact) mass is 289 g/mol. The van der Waals surface area contributed by atoms with Gasteiger partial charge in [-0.3, -0.25) is 0 Å². The zero-order valence-corrected chi connectivity index (χ0v) is 12.7. The summed E-state index contributed by atoms with van der Waals surface area (Å²) >= 11 is 6.00. The maximum Gasteiger partial charge on any atom is 0.118 e. The predicted molar refractivity (Wildman–Crippen MR) is 84.5 cm³/mol. The highest BCUT2D eigenvalue weighted by atomic mass is 35.5. The molecule has 0 aromatic heterocycles. The number of rotatable bonds is 6. The lowest BCUT2D eigenvalue weighted by molar-refractivity contribution is 0.414. The standard InChI is InChI=1S/C17H20ClNO/c1-13(10-15-4-3-5-16(18)11-15)19-12-14-6-8-17(20-2)9-7-14/h3-9,11,13,19H,10,12H2,1-2H3. The zero-order chi connectivity index (χ0) is 14.4. The molecule has 0 spiro atoms. The third kappa shape index (κ3) is 4.55. The number of nitrogens with one attached hydrogen (secondary N) is 1. The van der Waals surface area contributed by atoms with E-state index in [2.05, 4.69) is 30.4 Å². The van der Waals surface area contributed by atoms with E-state index in [1.807, 2.05) is 30.3 Å². The van der Waals surface area contributed by atoms with Gasteiger partial charge in [0.1, 0.15) is 5.75 Å². The maximum absolute atomic E-state index is 6.00. The number of hydrogen-bond donors (Lipinski definition) is 1. The van der Waals surface area contributed by atoms with Crippen molar-refractivity contribution in [2.45, 2.75) is 25.9 Å². The first-order chi connectivity index (χ1) is 9.67. The molecule has 0 aliphatic heterocycles. The average molecular weight is 290 g/mol. The van der Waals surface area contributed by atoms with Gasteiger partial charge >= 0.3 is 0 Å². The second-order valence-electron chi connectivity index (χ2n) is 4.96. The molecule has 0 saturated heterocycles. The van der Waals surface area contributed by atoms with Crippen LogP contribution < -0.4 is 10.1 Å². The minimum atomic E-state index is 0.399. The van der Waals surface area contributed by atoms with Gasteiger partial charge in [-0.2, -0.15) is 0 Å². The number of ether oxygens (including phenoxy) is 1. The van der Waals surface area contributed by atoms with E-state index in [1.54, 1.807) is 7.11 Å². The molecule has 0 aliphatic rings. The van der Waals surface area contributed by atoms with E-state index in [-0.39, 0.29) is 0 Å². The highest BCUT2D eigenvalue weighted by molar-refractivity contribution is 6.30. The predicted octanol–water partition coefficient (Wildman–Crippen LogP) is 4.07. The Morgan fingerprint density at radius 3 is 2.50 bits per heavy atom. The number of benzene rings is 2. The van der Waals surface area contributed by atoms with Crippen LogP contribution in [0.2, 0.25) is 5.02 Å². The van der Waals surface area contributed by atoms with Crippen LogP contribution in [0.1, 0.15) is 18.1 Å². The molecule has 2 nitrogen and oxygen atoms in total. The van der Waals surface area contributed by atoms with Gasteiger partial charge in [0.25, 0.3) is 0 Å². The summed E-state index contributed by atoms with van der Waals surface area (Å²) in [6.07, 6.45) is 0.969. The average Bonchev–Trinajstić information content (AvgIpc) is 2.46. The Bertz CT molecular complexity index is 539. The first-order valence-corrected chi connectivity index (χ1v) is 7.16. The summed E-state index contributed by atoms with van der Waals surface area (Å²) in [4.78, 5) is 0. The van der Waals surface area contributed by atoms with Crippen LogP contribution in [0.4, 0.5) is 0 Å². The second kappa shape index (κ2) is 7.32. The molecular formula is C17H20ClNO. The first-order valence-electron chi connectivity index (χ1n) is 6.78. The topological polar surface area (TPSA) is 21.3 Å². The van der Waals surface area contributed by atoms with Gasteiger partial charge in [0.2, 0.25) is 0 Å². The van der Waals surface area contributed by atoms with Gasteiger partial charge in [-0.05, 0) is 48.7 Å². The Morgan fingerprint density at radius 2 is 1.85 bits per heavy atom. The third-order valence-corrected chi connectivity index (χ3v) is 3.48. The Morgan fingerprint density at radius 1 is 1.10 bits per heavy atom. The number of halogens is 1. The van der Waals surface area contributed by atoms with E-state index in [4.69, 9.17) is 16.3 Å². The number of methoxy groups -OCH3 is 1. The van der Waals surface area contributed by atoms with Crippen LogP contribution in [0.15, 0.2) is 48.5 Å². The lowest BCUT2D eigenvalue weighted by Gasteiger charge is -2.14. The third-order valence-electron chi connectivity index (χ3n) is 3.24. The van der Waals surface area contributed by atoms with E-state index in [0.29, 0.717) is 6.04 Å². The highest BCUT2D eigenvalue weighted by Crippen LogP contribution is 2.13. The Kier molecular flexibility index (Phi) is 5.45. The largest absolute Gasteiger partial charge is 0.497 e. The van der Waals surface area contributed by atoms with Gasteiger partial charge in [-0.1, -0.05) is 35.9 Å². The van der Waals surface area contributed by atoms with Crippen molar-refractivity contribution in [2.75, 3.05) is 7.11 Å². The summed E-state index contributed by atoms with van der Waals surface area (Å²) in [6, 6.07) is 16.6. The fourth-order valence-electron chi connectivity index (χ4n) is 2.13. The van der Waals surface area contributed by atoms with Gasteiger partial charge in [-0.25, -0.2) is 0 Å². The molecule has 2 aromatic rings. The lowest BCUT2D eigenvalue weighted by Crippen LogP contribution is -2.27. The van der Waals surface area contributed by atoms with Crippen LogP contribution in [-0.4, -0.2) is 13.2 Å². The van der Waals surface area contributed by atoms with Crippen LogP contribution in [0.3, 0.4) is 0 Å². The summed E-state index contributed by atoms with van der Waals surface area (Å²) in [5.41, 5.74) is 2.51. The summed E-state index contributed by atoms with van der Waals surface area (Å²) in [7, 11) is 1.68. The van der Waals surface area contributed by atoms with Gasteiger partial charge in [0.15, 0.2) is 0 Å². The lowest BCUT2D eigenvalue weighted by atomic mass is 10.1. The Labute approximate surface area is 125 Å². The van der Waals surface area contributed by atoms with Crippen LogP contribution >= 0.6 is 11.6 Å². The molecular weight excluding hydrogens is 270 g/mol. The maximum atomic E-state index is 6.00. The first kappa shape index (κ1) is 14.9. The second-order valence-corrected chi connectivity index (χ2v) is 5.40. The van der Waals surface area contributed by atoms with E-state index >= 15 is 0 Å². The fourth-order valence-corrected chi connectivity index (χ4v) is 2.34. The Balaban J connectivity index is 1.83. The minimum absolute atomic E-state index is 0.399. The molecule has 2 rings (SSSR count). The zero-order valence-electron chi connectivity index (χ0n) is 11.9. The Hall–Kier alpha value is -1.51. The van der Waals surface area contributed by atoms with E-state index in [0.717, 1.165) is 23.7 Å². The number of hydrogen-bond acceptors (Lipinski definition) is 2. The fraction of sp³-hybridized carbons (Fsp3) is 0.294. The molecule has 0 fully saturated rings. The minimum Gasteiger partial charge on any atom is -0.497 e. The molecule has 0 bridgehead atoms. The van der Waals surface area contributed by atoms with Crippen LogP contribution in [-0.2, 0) is 13.0 Å². The highest BCUT2D eigenvalue weighted by Gasteiger charge is 2.04. The van der Waals surface area contributed by atoms with Crippen LogP contribution in [0.25, 0.3) is 0 Å².